The molecule has 0 aromatic carbocycles. The van der Waals surface area contributed by atoms with Crippen LogP contribution in [-0.4, -0.2) is 46.4 Å². The second-order valence-electron chi connectivity index (χ2n) is 6.19. The quantitative estimate of drug-likeness (QED) is 0.849. The van der Waals surface area contributed by atoms with Gasteiger partial charge in [-0.25, -0.2) is 4.79 Å². The average molecular weight is 349 g/mol. The smallest absolute Gasteiger partial charge is 0.317 e. The number of nitrogens with zero attached hydrogens (tertiary/aromatic N) is 4. The molecule has 2 aromatic heterocycles. The van der Waals surface area contributed by atoms with Gasteiger partial charge in [-0.1, -0.05) is 10.3 Å². The normalized spacial score (nSPS) is 17.0. The van der Waals surface area contributed by atoms with Crippen LogP contribution >= 0.6 is 0 Å². The Morgan fingerprint density at radius 3 is 2.84 bits per heavy atom. The Kier molecular flexibility index (Phi) is 5.32. The van der Waals surface area contributed by atoms with Gasteiger partial charge < -0.3 is 24.0 Å². The van der Waals surface area contributed by atoms with E-state index >= 15 is 0 Å². The van der Waals surface area contributed by atoms with Gasteiger partial charge >= 0.3 is 6.03 Å². The first-order valence-corrected chi connectivity index (χ1v) is 8.39. The number of urea groups is 1. The minimum atomic E-state index is -0.178. The summed E-state index contributed by atoms with van der Waals surface area (Å²) in [5, 5.41) is 10.7. The molecule has 3 rings (SSSR count). The van der Waals surface area contributed by atoms with Gasteiger partial charge in [-0.3, -0.25) is 0 Å². The van der Waals surface area contributed by atoms with Crippen LogP contribution in [0.4, 0.5) is 4.79 Å². The summed E-state index contributed by atoms with van der Waals surface area (Å²) >= 11 is 0. The number of aromatic nitrogens is 3. The fourth-order valence-electron chi connectivity index (χ4n) is 2.73. The largest absolute Gasteiger partial charge is 0.368 e. The van der Waals surface area contributed by atoms with E-state index in [-0.39, 0.29) is 12.1 Å². The summed E-state index contributed by atoms with van der Waals surface area (Å²) < 4.78 is 15.8. The van der Waals surface area contributed by atoms with Crippen molar-refractivity contribution in [1.82, 2.24) is 25.5 Å². The molecule has 136 valence electrons. The van der Waals surface area contributed by atoms with Crippen LogP contribution in [0.2, 0.25) is 0 Å². The third-order valence-electron chi connectivity index (χ3n) is 4.24. The van der Waals surface area contributed by atoms with E-state index in [2.05, 4.69) is 20.6 Å². The van der Waals surface area contributed by atoms with Gasteiger partial charge in [0.25, 0.3) is 5.89 Å². The number of ether oxygens (including phenoxy) is 1. The average Bonchev–Trinajstić information content (AvgIpc) is 3.32. The molecular formula is C16H23N5O4. The number of aryl methyl sites for hydroxylation is 2. The van der Waals surface area contributed by atoms with E-state index in [0.29, 0.717) is 31.2 Å². The first-order valence-electron chi connectivity index (χ1n) is 8.39. The Balaban J connectivity index is 1.44. The molecule has 0 bridgehead atoms. The topological polar surface area (TPSA) is 107 Å². The molecule has 2 aromatic rings. The molecule has 25 heavy (non-hydrogen) atoms. The van der Waals surface area contributed by atoms with Crippen molar-refractivity contribution >= 4 is 6.03 Å². The molecule has 1 aliphatic heterocycles. The summed E-state index contributed by atoms with van der Waals surface area (Å²) in [6.07, 6.45) is 2.33. The molecular weight excluding hydrogens is 326 g/mol. The number of nitrogens with one attached hydrogen (secondary N) is 1. The van der Waals surface area contributed by atoms with E-state index in [9.17, 15) is 4.79 Å². The van der Waals surface area contributed by atoms with Crippen molar-refractivity contribution in [2.75, 3.05) is 20.2 Å². The lowest BCUT2D eigenvalue weighted by Gasteiger charge is -2.17. The fourth-order valence-corrected chi connectivity index (χ4v) is 2.73. The van der Waals surface area contributed by atoms with Crippen LogP contribution in [0.5, 0.6) is 0 Å². The molecule has 0 saturated carbocycles. The summed E-state index contributed by atoms with van der Waals surface area (Å²) in [7, 11) is 1.73. The minimum Gasteiger partial charge on any atom is -0.368 e. The molecule has 9 nitrogen and oxygen atoms in total. The van der Waals surface area contributed by atoms with Gasteiger partial charge in [0.1, 0.15) is 11.9 Å². The molecule has 9 heteroatoms. The third-order valence-corrected chi connectivity index (χ3v) is 4.24. The van der Waals surface area contributed by atoms with Crippen LogP contribution in [0.3, 0.4) is 0 Å². The molecule has 1 N–H and O–H groups in total. The monoisotopic (exact) mass is 349 g/mol. The molecule has 0 aliphatic carbocycles. The Bertz CT molecular complexity index is 700. The van der Waals surface area contributed by atoms with E-state index in [1.165, 1.54) is 0 Å². The fraction of sp³-hybridized carbons (Fsp3) is 0.625. The second kappa shape index (κ2) is 7.64. The van der Waals surface area contributed by atoms with Crippen LogP contribution in [0.1, 0.15) is 47.7 Å². The Labute approximate surface area is 145 Å². The van der Waals surface area contributed by atoms with Crippen LogP contribution in [0.15, 0.2) is 9.05 Å². The van der Waals surface area contributed by atoms with Crippen molar-refractivity contribution in [3.63, 3.8) is 0 Å². The number of hydrogen-bond acceptors (Lipinski definition) is 7. The highest BCUT2D eigenvalue weighted by atomic mass is 16.5. The third kappa shape index (κ3) is 4.16. The number of rotatable bonds is 6. The van der Waals surface area contributed by atoms with E-state index in [1.54, 1.807) is 11.9 Å². The van der Waals surface area contributed by atoms with E-state index in [0.717, 1.165) is 36.5 Å². The lowest BCUT2D eigenvalue weighted by atomic mass is 10.2. The zero-order valence-electron chi connectivity index (χ0n) is 14.7. The first kappa shape index (κ1) is 17.4. The van der Waals surface area contributed by atoms with Gasteiger partial charge in [0.05, 0.1) is 12.2 Å². The van der Waals surface area contributed by atoms with Crippen LogP contribution in [0.25, 0.3) is 0 Å². The summed E-state index contributed by atoms with van der Waals surface area (Å²) in [5.41, 5.74) is 1.72. The predicted octanol–water partition coefficient (Wildman–Crippen LogP) is 1.91. The summed E-state index contributed by atoms with van der Waals surface area (Å²) in [6.45, 7) is 5.30. The standard InChI is InChI=1S/C16H23N5O4/c1-10-12(11(2)24-19-10)9-21(3)16(22)17-7-6-14-18-15(25-20-14)13-5-4-8-23-13/h13H,4-9H2,1-3H3,(H,17,22)/t13-/m1/s1. The van der Waals surface area contributed by atoms with Crippen molar-refractivity contribution in [2.24, 2.45) is 0 Å². The second-order valence-corrected chi connectivity index (χ2v) is 6.19. The minimum absolute atomic E-state index is 0.0861. The van der Waals surface area contributed by atoms with Crippen LogP contribution < -0.4 is 5.32 Å². The van der Waals surface area contributed by atoms with Gasteiger partial charge in [0.15, 0.2) is 5.82 Å². The van der Waals surface area contributed by atoms with Gasteiger partial charge in [-0.15, -0.1) is 0 Å². The lowest BCUT2D eigenvalue weighted by molar-refractivity contribution is 0.0835. The van der Waals surface area contributed by atoms with Gasteiger partial charge in [0, 0.05) is 32.2 Å². The SMILES string of the molecule is Cc1noc(C)c1CN(C)C(=O)NCCc1noc([C@H]2CCCO2)n1. The van der Waals surface area contributed by atoms with E-state index in [1.807, 2.05) is 13.8 Å². The van der Waals surface area contributed by atoms with Crippen molar-refractivity contribution in [2.45, 2.75) is 45.8 Å². The molecule has 1 atom stereocenters. The molecule has 0 spiro atoms. The maximum Gasteiger partial charge on any atom is 0.317 e. The highest BCUT2D eigenvalue weighted by molar-refractivity contribution is 5.73. The maximum absolute atomic E-state index is 12.2. The molecule has 1 fully saturated rings. The summed E-state index contributed by atoms with van der Waals surface area (Å²) in [6, 6.07) is -0.178. The van der Waals surface area contributed by atoms with Crippen molar-refractivity contribution in [3.05, 3.63) is 28.7 Å². The number of amides is 2. The molecule has 3 heterocycles. The Hall–Kier alpha value is -2.42. The molecule has 0 unspecified atom stereocenters. The zero-order valence-corrected chi connectivity index (χ0v) is 14.7. The molecule has 0 radical (unpaired) electrons. The van der Waals surface area contributed by atoms with E-state index in [4.69, 9.17) is 13.8 Å². The van der Waals surface area contributed by atoms with Crippen molar-refractivity contribution in [1.29, 1.82) is 0 Å². The first-order chi connectivity index (χ1) is 12.0. The number of hydrogen-bond donors (Lipinski definition) is 1. The summed E-state index contributed by atoms with van der Waals surface area (Å²) in [5.74, 6) is 1.82. The molecule has 1 saturated heterocycles. The number of carbonyl (C=O) groups is 1. The van der Waals surface area contributed by atoms with Gasteiger partial charge in [-0.2, -0.15) is 4.98 Å². The Morgan fingerprint density at radius 1 is 1.32 bits per heavy atom. The predicted molar refractivity (Wildman–Crippen MR) is 86.8 cm³/mol. The lowest BCUT2D eigenvalue weighted by Crippen LogP contribution is -2.38. The van der Waals surface area contributed by atoms with Crippen LogP contribution in [0, 0.1) is 13.8 Å². The molecule has 2 amide bonds. The highest BCUT2D eigenvalue weighted by Crippen LogP contribution is 2.26. The summed E-state index contributed by atoms with van der Waals surface area (Å²) in [4.78, 5) is 18.1. The zero-order chi connectivity index (χ0) is 17.8. The van der Waals surface area contributed by atoms with Gasteiger partial charge in [0.2, 0.25) is 0 Å². The van der Waals surface area contributed by atoms with Crippen LogP contribution in [-0.2, 0) is 17.7 Å². The van der Waals surface area contributed by atoms with E-state index < -0.39 is 0 Å². The number of carbonyl (C=O) groups excluding carboxylic acids is 1. The highest BCUT2D eigenvalue weighted by Gasteiger charge is 2.23. The maximum atomic E-state index is 12.2. The van der Waals surface area contributed by atoms with Crippen molar-refractivity contribution in [3.8, 4) is 0 Å². The van der Waals surface area contributed by atoms with Gasteiger partial charge in [-0.05, 0) is 26.7 Å². The van der Waals surface area contributed by atoms with Crippen molar-refractivity contribution < 1.29 is 18.6 Å². The Morgan fingerprint density at radius 2 is 2.16 bits per heavy atom. The molecule has 1 aliphatic rings.